The van der Waals surface area contributed by atoms with Crippen LogP contribution in [-0.2, 0) is 29.2 Å². The number of carboxylic acids is 1. The number of unbranched alkanes of at least 4 members (excludes halogenated alkanes) is 2. The largest absolute Gasteiger partial charge is 0.483 e. The van der Waals surface area contributed by atoms with E-state index in [0.717, 1.165) is 33.2 Å². The van der Waals surface area contributed by atoms with Gasteiger partial charge in [-0.1, -0.05) is 36.0 Å². The average Bonchev–Trinajstić information content (AvgIpc) is 3.79. The number of likely N-dealkylation sites (tertiary alicyclic amines) is 1. The number of hydrogen-bond donors (Lipinski definition) is 4. The van der Waals surface area contributed by atoms with Crippen molar-refractivity contribution < 1.29 is 37.4 Å². The fourth-order valence-electron chi connectivity index (χ4n) is 8.31. The van der Waals surface area contributed by atoms with Gasteiger partial charge in [0.2, 0.25) is 21.8 Å². The number of ether oxygens (including phenoxy) is 1. The number of benzene rings is 2. The van der Waals surface area contributed by atoms with Gasteiger partial charge in [-0.3, -0.25) is 28.9 Å². The van der Waals surface area contributed by atoms with Gasteiger partial charge < -0.3 is 20.1 Å². The average molecular weight is 727 g/mol. The Morgan fingerprint density at radius 1 is 1.00 bits per heavy atom. The summed E-state index contributed by atoms with van der Waals surface area (Å²) < 4.78 is 29.2. The van der Waals surface area contributed by atoms with Crippen LogP contribution in [0.25, 0.3) is 0 Å². The van der Waals surface area contributed by atoms with Crippen LogP contribution in [0.3, 0.4) is 0 Å². The molecule has 4 aliphatic rings. The molecule has 3 aromatic rings. The zero-order valence-corrected chi connectivity index (χ0v) is 28.5. The SMILES string of the molecule is NS(=O)(=O)c1ccc(NC(=O)COc2ccccc2[C@H]2c3sc(=O)[nH]c3SC3C4CC(C5C(=O)N(CCCCCC(=O)O)C(=O)C45)C32)cc1. The van der Waals surface area contributed by atoms with E-state index in [2.05, 4.69) is 10.3 Å². The fraction of sp³-hybridized carbons (Fsp3) is 0.424. The van der Waals surface area contributed by atoms with E-state index in [-0.39, 0.29) is 70.1 Å². The lowest BCUT2D eigenvalue weighted by atomic mass is 9.68. The maximum Gasteiger partial charge on any atom is 0.305 e. The first-order valence-electron chi connectivity index (χ1n) is 16.0. The summed E-state index contributed by atoms with van der Waals surface area (Å²) in [4.78, 5) is 68.9. The minimum Gasteiger partial charge on any atom is -0.483 e. The molecule has 0 radical (unpaired) electrons. The summed E-state index contributed by atoms with van der Waals surface area (Å²) in [6.45, 7) is -0.0593. The highest BCUT2D eigenvalue weighted by molar-refractivity contribution is 8.00. The molecule has 1 saturated heterocycles. The number of carboxylic acid groups (broad SMARTS) is 1. The van der Waals surface area contributed by atoms with E-state index in [1.165, 1.54) is 29.2 Å². The van der Waals surface area contributed by atoms with E-state index in [1.807, 2.05) is 12.1 Å². The number of para-hydroxylation sites is 1. The highest BCUT2D eigenvalue weighted by Crippen LogP contribution is 2.69. The Bertz CT molecular complexity index is 1990. The molecule has 16 heteroatoms. The monoisotopic (exact) mass is 726 g/mol. The van der Waals surface area contributed by atoms with Gasteiger partial charge in [0.15, 0.2) is 6.61 Å². The third-order valence-electron chi connectivity index (χ3n) is 10.2. The summed E-state index contributed by atoms with van der Waals surface area (Å²) >= 11 is 2.71. The minimum atomic E-state index is -3.87. The summed E-state index contributed by atoms with van der Waals surface area (Å²) in [6.07, 6.45) is 2.44. The quantitative estimate of drug-likeness (QED) is 0.158. The molecule has 258 valence electrons. The molecule has 3 heterocycles. The normalized spacial score (nSPS) is 26.7. The highest BCUT2D eigenvalue weighted by Gasteiger charge is 2.69. The van der Waals surface area contributed by atoms with Gasteiger partial charge in [0.05, 0.1) is 21.8 Å². The summed E-state index contributed by atoms with van der Waals surface area (Å²) in [7, 11) is -3.87. The summed E-state index contributed by atoms with van der Waals surface area (Å²) in [5, 5.41) is 17.5. The second kappa shape index (κ2) is 13.0. The van der Waals surface area contributed by atoms with Gasteiger partial charge in [0.1, 0.15) is 5.75 Å². The smallest absolute Gasteiger partial charge is 0.305 e. The molecule has 3 fully saturated rings. The number of aromatic amines is 1. The molecular formula is C33H34N4O9S3. The Balaban J connectivity index is 1.12. The Kier molecular flexibility index (Phi) is 8.92. The van der Waals surface area contributed by atoms with Crippen LogP contribution >= 0.6 is 23.1 Å². The highest BCUT2D eigenvalue weighted by atomic mass is 32.2. The number of aromatic nitrogens is 1. The van der Waals surface area contributed by atoms with E-state index < -0.39 is 33.7 Å². The van der Waals surface area contributed by atoms with E-state index in [1.54, 1.807) is 23.9 Å². The lowest BCUT2D eigenvalue weighted by Crippen LogP contribution is -2.42. The van der Waals surface area contributed by atoms with Crippen LogP contribution in [0.2, 0.25) is 0 Å². The first-order valence-corrected chi connectivity index (χ1v) is 19.3. The number of fused-ring (bicyclic) bond motifs is 9. The third kappa shape index (κ3) is 6.19. The Hall–Kier alpha value is -3.99. The predicted molar refractivity (Wildman–Crippen MR) is 180 cm³/mol. The molecule has 2 saturated carbocycles. The number of amides is 3. The fourth-order valence-corrected chi connectivity index (χ4v) is 11.7. The van der Waals surface area contributed by atoms with Crippen LogP contribution in [0.1, 0.15) is 48.5 Å². The van der Waals surface area contributed by atoms with Crippen molar-refractivity contribution in [2.75, 3.05) is 18.5 Å². The number of imide groups is 1. The Labute approximate surface area is 289 Å². The molecule has 7 atom stereocenters. The topological polar surface area (TPSA) is 206 Å². The number of anilines is 1. The second-order valence-electron chi connectivity index (χ2n) is 12.9. The van der Waals surface area contributed by atoms with Gasteiger partial charge in [0.25, 0.3) is 5.91 Å². The van der Waals surface area contributed by atoms with Crippen molar-refractivity contribution in [1.29, 1.82) is 0 Å². The number of nitrogens with one attached hydrogen (secondary N) is 2. The van der Waals surface area contributed by atoms with Crippen LogP contribution in [0.5, 0.6) is 5.75 Å². The maximum atomic E-state index is 13.8. The number of sulfonamides is 1. The van der Waals surface area contributed by atoms with Crippen LogP contribution in [0.15, 0.2) is 63.2 Å². The summed E-state index contributed by atoms with van der Waals surface area (Å²) in [6, 6.07) is 12.8. The van der Waals surface area contributed by atoms with Crippen LogP contribution < -0.4 is 20.1 Å². The van der Waals surface area contributed by atoms with E-state index in [0.29, 0.717) is 30.7 Å². The Morgan fingerprint density at radius 3 is 2.43 bits per heavy atom. The first-order chi connectivity index (χ1) is 23.4. The number of thiazole rings is 1. The van der Waals surface area contributed by atoms with Crippen molar-refractivity contribution in [3.05, 3.63) is 68.6 Å². The van der Waals surface area contributed by atoms with Crippen molar-refractivity contribution in [3.8, 4) is 5.75 Å². The number of thioether (sulfide) groups is 1. The molecular weight excluding hydrogens is 693 g/mol. The van der Waals surface area contributed by atoms with Gasteiger partial charge in [-0.25, -0.2) is 13.6 Å². The number of primary sulfonamides is 1. The number of hydrogen-bond acceptors (Lipinski definition) is 10. The predicted octanol–water partition coefficient (Wildman–Crippen LogP) is 3.22. The van der Waals surface area contributed by atoms with E-state index in [4.69, 9.17) is 15.0 Å². The first kappa shape index (κ1) is 33.5. The molecule has 2 aliphatic carbocycles. The number of carbonyl (C=O) groups excluding carboxylic acids is 3. The van der Waals surface area contributed by atoms with Crippen molar-refractivity contribution >= 4 is 62.5 Å². The molecule has 49 heavy (non-hydrogen) atoms. The number of nitrogens with zero attached hydrogens (tertiary/aromatic N) is 1. The third-order valence-corrected chi connectivity index (χ3v) is 13.7. The van der Waals surface area contributed by atoms with Crippen molar-refractivity contribution in [1.82, 2.24) is 9.88 Å². The van der Waals surface area contributed by atoms with Gasteiger partial charge in [-0.05, 0) is 67.3 Å². The number of H-pyrrole nitrogens is 1. The van der Waals surface area contributed by atoms with E-state index in [9.17, 15) is 32.4 Å². The van der Waals surface area contributed by atoms with Gasteiger partial charge in [-0.15, -0.1) is 11.8 Å². The summed E-state index contributed by atoms with van der Waals surface area (Å²) in [5.41, 5.74) is 1.15. The number of aliphatic carboxylic acids is 1. The summed E-state index contributed by atoms with van der Waals surface area (Å²) in [5.74, 6) is -2.53. The molecule has 3 amide bonds. The van der Waals surface area contributed by atoms with Gasteiger partial charge in [-0.2, -0.15) is 0 Å². The molecule has 13 nitrogen and oxygen atoms in total. The molecule has 2 aliphatic heterocycles. The molecule has 2 bridgehead atoms. The van der Waals surface area contributed by atoms with Crippen molar-refractivity contribution in [2.45, 2.75) is 53.2 Å². The lowest BCUT2D eigenvalue weighted by Gasteiger charge is -2.43. The standard InChI is InChI=1S/C33H34N4O9S3/c34-49(44,45)17-11-9-16(10-12-17)35-22(38)15-46-21-7-4-3-6-18(21)24-25-19-14-20(28(25)47-30-29(24)48-33(43)36-30)27-26(19)31(41)37(32(27)42)13-5-1-2-8-23(39)40/h3-4,6-7,9-12,19-20,24-28H,1-2,5,8,13-15H2,(H,35,38)(H,36,43)(H,39,40)(H2,34,44,45)/t19?,20?,24-,25?,26?,27?,28?/m1/s1. The lowest BCUT2D eigenvalue weighted by molar-refractivity contribution is -0.141. The number of rotatable bonds is 12. The van der Waals surface area contributed by atoms with Gasteiger partial charge in [0, 0.05) is 40.3 Å². The van der Waals surface area contributed by atoms with Crippen molar-refractivity contribution in [3.63, 3.8) is 0 Å². The van der Waals surface area contributed by atoms with Crippen LogP contribution in [-0.4, -0.2) is 65.5 Å². The molecule has 5 N–H and O–H groups in total. The zero-order valence-electron chi connectivity index (χ0n) is 26.1. The molecule has 7 rings (SSSR count). The molecule has 2 aromatic carbocycles. The van der Waals surface area contributed by atoms with Crippen LogP contribution in [0.4, 0.5) is 5.69 Å². The zero-order chi connectivity index (χ0) is 34.6. The van der Waals surface area contributed by atoms with Crippen LogP contribution in [0, 0.1) is 29.6 Å². The Morgan fingerprint density at radius 2 is 1.71 bits per heavy atom. The number of carbonyl (C=O) groups is 4. The maximum absolute atomic E-state index is 13.8. The van der Waals surface area contributed by atoms with Gasteiger partial charge >= 0.3 is 10.8 Å². The number of nitrogens with two attached hydrogens (primary N) is 1. The molecule has 6 unspecified atom stereocenters. The second-order valence-corrected chi connectivity index (χ2v) is 16.7. The van der Waals surface area contributed by atoms with E-state index >= 15 is 0 Å². The minimum absolute atomic E-state index is 0.0158. The van der Waals surface area contributed by atoms with Crippen molar-refractivity contribution in [2.24, 2.45) is 34.7 Å². The molecule has 1 aromatic heterocycles. The molecule has 0 spiro atoms.